The molecule has 0 bridgehead atoms. The maximum atomic E-state index is 9.31. The van der Waals surface area contributed by atoms with Gasteiger partial charge in [-0.05, 0) is 25.3 Å². The van der Waals surface area contributed by atoms with Crippen LogP contribution in [-0.4, -0.2) is 46.2 Å². The molecule has 1 N–H and O–H groups in total. The molecule has 1 aliphatic rings. The quantitative estimate of drug-likeness (QED) is 0.935. The maximum absolute atomic E-state index is 9.31. The van der Waals surface area contributed by atoms with E-state index in [2.05, 4.69) is 50.1 Å². The minimum Gasteiger partial charge on any atom is -0.388 e. The minimum atomic E-state index is -0.104. The Bertz CT molecular complexity index is 637. The van der Waals surface area contributed by atoms with Crippen LogP contribution in [0.3, 0.4) is 0 Å². The van der Waals surface area contributed by atoms with Gasteiger partial charge in [-0.1, -0.05) is 30.3 Å². The molecule has 1 aliphatic heterocycles. The predicted octanol–water partition coefficient (Wildman–Crippen LogP) is 2.38. The van der Waals surface area contributed by atoms with E-state index in [0.717, 1.165) is 57.1 Å². The summed E-state index contributed by atoms with van der Waals surface area (Å²) < 4.78 is 0. The van der Waals surface area contributed by atoms with Crippen molar-refractivity contribution in [2.75, 3.05) is 31.1 Å². The number of hydrogen-bond donors (Lipinski definition) is 1. The lowest BCUT2D eigenvalue weighted by molar-refractivity contribution is 0.250. The van der Waals surface area contributed by atoms with Gasteiger partial charge in [0.2, 0.25) is 0 Å². The molecule has 1 aromatic carbocycles. The van der Waals surface area contributed by atoms with Gasteiger partial charge in [0.25, 0.3) is 0 Å². The first-order valence-electron chi connectivity index (χ1n) is 8.71. The molecular formula is C19H26N4O. The van der Waals surface area contributed by atoms with Crippen molar-refractivity contribution in [3.63, 3.8) is 0 Å². The van der Waals surface area contributed by atoms with Crippen molar-refractivity contribution in [3.8, 4) is 0 Å². The summed E-state index contributed by atoms with van der Waals surface area (Å²) in [5, 5.41) is 9.31. The zero-order chi connectivity index (χ0) is 16.8. The number of aromatic nitrogens is 2. The number of benzene rings is 1. The molecule has 0 atom stereocenters. The van der Waals surface area contributed by atoms with Crippen LogP contribution in [0.5, 0.6) is 0 Å². The number of aryl methyl sites for hydroxylation is 1. The van der Waals surface area contributed by atoms with E-state index in [4.69, 9.17) is 0 Å². The number of anilines is 1. The molecule has 0 spiro atoms. The Morgan fingerprint density at radius 1 is 1.00 bits per heavy atom. The van der Waals surface area contributed by atoms with Gasteiger partial charge in [-0.2, -0.15) is 0 Å². The lowest BCUT2D eigenvalue weighted by Crippen LogP contribution is -2.37. The molecule has 1 saturated heterocycles. The van der Waals surface area contributed by atoms with Gasteiger partial charge < -0.3 is 10.0 Å². The average Bonchev–Trinajstić information content (AvgIpc) is 2.57. The van der Waals surface area contributed by atoms with E-state index >= 15 is 0 Å². The van der Waals surface area contributed by atoms with Crippen LogP contribution in [-0.2, 0) is 13.2 Å². The molecule has 2 aromatic rings. The highest BCUT2D eigenvalue weighted by Crippen LogP contribution is 2.16. The standard InChI is InChI=1S/C19H26N4O/c1-16-13-19(21-18(15-24)20-16)23-11-5-9-22(10-6-12-23)14-17-7-3-2-4-8-17/h2-4,7-8,13,24H,5-6,9-12,14-15H2,1H3. The number of aliphatic hydroxyl groups excluding tert-OH is 1. The normalized spacial score (nSPS) is 16.7. The summed E-state index contributed by atoms with van der Waals surface area (Å²) in [5.74, 6) is 1.46. The third-order valence-corrected chi connectivity index (χ3v) is 4.41. The van der Waals surface area contributed by atoms with Crippen LogP contribution in [0.1, 0.15) is 29.9 Å². The SMILES string of the molecule is Cc1cc(N2CCCN(Cc3ccccc3)CCC2)nc(CO)n1. The van der Waals surface area contributed by atoms with Crippen molar-refractivity contribution in [3.05, 3.63) is 53.5 Å². The zero-order valence-electron chi connectivity index (χ0n) is 14.4. The average molecular weight is 326 g/mol. The highest BCUT2D eigenvalue weighted by Gasteiger charge is 2.15. The van der Waals surface area contributed by atoms with E-state index in [-0.39, 0.29) is 6.61 Å². The maximum Gasteiger partial charge on any atom is 0.156 e. The Kier molecular flexibility index (Phi) is 5.77. The second kappa shape index (κ2) is 8.22. The topological polar surface area (TPSA) is 52.5 Å². The second-order valence-electron chi connectivity index (χ2n) is 6.40. The van der Waals surface area contributed by atoms with Crippen molar-refractivity contribution < 1.29 is 5.11 Å². The van der Waals surface area contributed by atoms with Crippen LogP contribution in [0.25, 0.3) is 0 Å². The van der Waals surface area contributed by atoms with E-state index in [1.165, 1.54) is 5.56 Å². The Balaban J connectivity index is 1.59. The first-order chi connectivity index (χ1) is 11.7. The summed E-state index contributed by atoms with van der Waals surface area (Å²) in [6.45, 7) is 7.06. The number of hydrogen-bond acceptors (Lipinski definition) is 5. The van der Waals surface area contributed by atoms with Crippen molar-refractivity contribution >= 4 is 5.82 Å². The lowest BCUT2D eigenvalue weighted by Gasteiger charge is -2.31. The molecule has 0 amide bonds. The van der Waals surface area contributed by atoms with Crippen LogP contribution in [0.15, 0.2) is 36.4 Å². The van der Waals surface area contributed by atoms with Gasteiger partial charge in [-0.15, -0.1) is 0 Å². The van der Waals surface area contributed by atoms with E-state index in [1.54, 1.807) is 0 Å². The fraction of sp³-hybridized carbons (Fsp3) is 0.474. The molecule has 1 aromatic heterocycles. The number of nitrogens with zero attached hydrogens (tertiary/aromatic N) is 4. The van der Waals surface area contributed by atoms with Crippen LogP contribution in [0, 0.1) is 6.92 Å². The molecule has 1 fully saturated rings. The zero-order valence-corrected chi connectivity index (χ0v) is 14.4. The molecule has 3 rings (SSSR count). The van der Waals surface area contributed by atoms with Gasteiger partial charge in [0.05, 0.1) is 0 Å². The highest BCUT2D eigenvalue weighted by molar-refractivity contribution is 5.39. The van der Waals surface area contributed by atoms with Crippen LogP contribution in [0.4, 0.5) is 5.82 Å². The molecule has 24 heavy (non-hydrogen) atoms. The van der Waals surface area contributed by atoms with Crippen LogP contribution < -0.4 is 4.90 Å². The Hall–Kier alpha value is -1.98. The summed E-state index contributed by atoms with van der Waals surface area (Å²) in [4.78, 5) is 13.6. The van der Waals surface area contributed by atoms with Gasteiger partial charge in [-0.3, -0.25) is 4.90 Å². The van der Waals surface area contributed by atoms with Crippen LogP contribution in [0.2, 0.25) is 0 Å². The van der Waals surface area contributed by atoms with Gasteiger partial charge in [0, 0.05) is 44.5 Å². The van der Waals surface area contributed by atoms with Crippen LogP contribution >= 0.6 is 0 Å². The largest absolute Gasteiger partial charge is 0.388 e. The van der Waals surface area contributed by atoms with Crippen molar-refractivity contribution in [1.82, 2.24) is 14.9 Å². The summed E-state index contributed by atoms with van der Waals surface area (Å²) in [6, 6.07) is 12.7. The van der Waals surface area contributed by atoms with Crippen molar-refractivity contribution in [2.24, 2.45) is 0 Å². The number of aliphatic hydroxyl groups is 1. The third kappa shape index (κ3) is 4.52. The highest BCUT2D eigenvalue weighted by atomic mass is 16.3. The van der Waals surface area contributed by atoms with E-state index in [9.17, 15) is 5.11 Å². The molecule has 0 aliphatic carbocycles. The fourth-order valence-electron chi connectivity index (χ4n) is 3.27. The molecular weight excluding hydrogens is 300 g/mol. The smallest absolute Gasteiger partial charge is 0.156 e. The molecule has 0 saturated carbocycles. The fourth-order valence-corrected chi connectivity index (χ4v) is 3.27. The van der Waals surface area contributed by atoms with Gasteiger partial charge in [0.1, 0.15) is 12.4 Å². The van der Waals surface area contributed by atoms with Gasteiger partial charge in [0.15, 0.2) is 5.82 Å². The lowest BCUT2D eigenvalue weighted by atomic mass is 10.2. The molecule has 128 valence electrons. The Morgan fingerprint density at radius 3 is 2.38 bits per heavy atom. The second-order valence-corrected chi connectivity index (χ2v) is 6.40. The van der Waals surface area contributed by atoms with E-state index in [1.807, 2.05) is 13.0 Å². The Morgan fingerprint density at radius 2 is 1.71 bits per heavy atom. The monoisotopic (exact) mass is 326 g/mol. The molecule has 5 nitrogen and oxygen atoms in total. The first kappa shape index (κ1) is 16.9. The summed E-state index contributed by atoms with van der Waals surface area (Å²) >= 11 is 0. The van der Waals surface area contributed by atoms with Gasteiger partial charge >= 0.3 is 0 Å². The predicted molar refractivity (Wildman–Crippen MR) is 95.9 cm³/mol. The van der Waals surface area contributed by atoms with Gasteiger partial charge in [-0.25, -0.2) is 9.97 Å². The van der Waals surface area contributed by atoms with E-state index in [0.29, 0.717) is 5.82 Å². The molecule has 0 radical (unpaired) electrons. The number of rotatable bonds is 4. The third-order valence-electron chi connectivity index (χ3n) is 4.41. The molecule has 0 unspecified atom stereocenters. The summed E-state index contributed by atoms with van der Waals surface area (Å²) in [6.07, 6.45) is 2.23. The Labute approximate surface area is 144 Å². The first-order valence-corrected chi connectivity index (χ1v) is 8.71. The molecule has 2 heterocycles. The summed E-state index contributed by atoms with van der Waals surface area (Å²) in [7, 11) is 0. The minimum absolute atomic E-state index is 0.104. The van der Waals surface area contributed by atoms with E-state index < -0.39 is 0 Å². The van der Waals surface area contributed by atoms with Crippen molar-refractivity contribution in [1.29, 1.82) is 0 Å². The molecule has 5 heteroatoms. The van der Waals surface area contributed by atoms with Crippen molar-refractivity contribution in [2.45, 2.75) is 32.9 Å². The summed E-state index contributed by atoms with van der Waals surface area (Å²) in [5.41, 5.74) is 2.30.